The number of aromatic nitrogens is 5. The van der Waals surface area contributed by atoms with Crippen molar-refractivity contribution in [3.8, 4) is 28.3 Å². The van der Waals surface area contributed by atoms with E-state index in [0.29, 0.717) is 12.4 Å². The van der Waals surface area contributed by atoms with Gasteiger partial charge in [0.25, 0.3) is 0 Å². The van der Waals surface area contributed by atoms with E-state index < -0.39 is 0 Å². The maximum Gasteiger partial charge on any atom is 0.204 e. The molecule has 0 aliphatic heterocycles. The quantitative estimate of drug-likeness (QED) is 0.239. The third-order valence-corrected chi connectivity index (χ3v) is 6.01. The first-order valence-corrected chi connectivity index (χ1v) is 13.2. The lowest BCUT2D eigenvalue weighted by Crippen LogP contribution is -2.00. The summed E-state index contributed by atoms with van der Waals surface area (Å²) in [6.45, 7) is 12.4. The number of aromatic amines is 1. The lowest BCUT2D eigenvalue weighted by Gasteiger charge is -2.14. The standard InChI is InChI=1S/C27H27N5O.C4H10/c1-3-6-24-23-15-16-32(4-2)25(23)13-14-26(24)33-18-19-7-5-8-22(17-19)20-9-11-21(12-10-20)27-28-30-31-29-27;1-4(2)3/h5,7-17H,3-4,6,18H2,1-2H3,(H,28,29,30,31);4H,1-3H3. The van der Waals surface area contributed by atoms with E-state index in [9.17, 15) is 0 Å². The van der Waals surface area contributed by atoms with Crippen LogP contribution in [-0.4, -0.2) is 25.2 Å². The Labute approximate surface area is 219 Å². The number of aryl methyl sites for hydroxylation is 2. The minimum Gasteiger partial charge on any atom is -0.489 e. The first kappa shape index (κ1) is 26.1. The zero-order valence-corrected chi connectivity index (χ0v) is 22.5. The molecule has 0 fully saturated rings. The van der Waals surface area contributed by atoms with E-state index in [1.165, 1.54) is 16.5 Å². The fraction of sp³-hybridized carbons (Fsp3) is 0.323. The minimum atomic E-state index is 0.533. The van der Waals surface area contributed by atoms with Gasteiger partial charge in [0.1, 0.15) is 12.4 Å². The van der Waals surface area contributed by atoms with Gasteiger partial charge in [0.05, 0.1) is 0 Å². The molecule has 6 nitrogen and oxygen atoms in total. The van der Waals surface area contributed by atoms with Gasteiger partial charge in [0.15, 0.2) is 0 Å². The first-order valence-electron chi connectivity index (χ1n) is 13.2. The monoisotopic (exact) mass is 495 g/mol. The molecule has 0 bridgehead atoms. The molecule has 1 N–H and O–H groups in total. The molecule has 0 amide bonds. The van der Waals surface area contributed by atoms with Crippen LogP contribution in [-0.2, 0) is 19.6 Å². The van der Waals surface area contributed by atoms with Crippen LogP contribution in [0.15, 0.2) is 72.9 Å². The highest BCUT2D eigenvalue weighted by molar-refractivity contribution is 5.86. The highest BCUT2D eigenvalue weighted by atomic mass is 16.5. The van der Waals surface area contributed by atoms with Crippen LogP contribution in [0, 0.1) is 5.92 Å². The molecular weight excluding hydrogens is 458 g/mol. The second kappa shape index (κ2) is 12.3. The maximum absolute atomic E-state index is 6.35. The third kappa shape index (κ3) is 6.45. The van der Waals surface area contributed by atoms with Crippen molar-refractivity contribution in [1.82, 2.24) is 25.2 Å². The topological polar surface area (TPSA) is 68.6 Å². The van der Waals surface area contributed by atoms with E-state index in [2.05, 4.69) is 121 Å². The Balaban J connectivity index is 0.000000747. The molecule has 2 aromatic heterocycles. The SMILES string of the molecule is CC(C)C.CCCc1c(OCc2cccc(-c3ccc(-c4nn[nH]n4)cc3)c2)ccc2c1ccn2CC. The molecule has 6 heteroatoms. The molecule has 0 unspecified atom stereocenters. The second-order valence-electron chi connectivity index (χ2n) is 9.86. The molecular formula is C31H37N5O. The number of ether oxygens (including phenoxy) is 1. The highest BCUT2D eigenvalue weighted by Gasteiger charge is 2.12. The number of hydrogen-bond donors (Lipinski definition) is 1. The largest absolute Gasteiger partial charge is 0.489 e. The van der Waals surface area contributed by atoms with Crippen molar-refractivity contribution in [2.24, 2.45) is 5.92 Å². The van der Waals surface area contributed by atoms with Crippen LogP contribution in [0.2, 0.25) is 0 Å². The maximum atomic E-state index is 6.35. The summed E-state index contributed by atoms with van der Waals surface area (Å²) >= 11 is 0. The Hall–Kier alpha value is -3.93. The molecule has 2 heterocycles. The summed E-state index contributed by atoms with van der Waals surface area (Å²) in [6, 6.07) is 23.2. The van der Waals surface area contributed by atoms with Gasteiger partial charge in [-0.2, -0.15) is 5.21 Å². The zero-order valence-electron chi connectivity index (χ0n) is 22.5. The molecule has 5 aromatic rings. The summed E-state index contributed by atoms with van der Waals surface area (Å²) in [5.41, 5.74) is 6.94. The molecule has 0 saturated heterocycles. The lowest BCUT2D eigenvalue weighted by molar-refractivity contribution is 0.303. The number of rotatable bonds is 8. The zero-order chi connectivity index (χ0) is 26.2. The highest BCUT2D eigenvalue weighted by Crippen LogP contribution is 2.31. The summed E-state index contributed by atoms with van der Waals surface area (Å²) in [5.74, 6) is 2.41. The predicted molar refractivity (Wildman–Crippen MR) is 152 cm³/mol. The van der Waals surface area contributed by atoms with Gasteiger partial charge in [-0.05, 0) is 65.4 Å². The number of benzene rings is 3. The number of nitrogens with zero attached hydrogens (tertiary/aromatic N) is 4. The molecule has 0 atom stereocenters. The van der Waals surface area contributed by atoms with Gasteiger partial charge in [-0.15, -0.1) is 10.2 Å². The molecule has 5 rings (SSSR count). The normalized spacial score (nSPS) is 11.0. The van der Waals surface area contributed by atoms with Crippen molar-refractivity contribution in [3.05, 3.63) is 84.1 Å². The Bertz CT molecular complexity index is 1400. The van der Waals surface area contributed by atoms with Crippen molar-refractivity contribution < 1.29 is 4.74 Å². The molecule has 37 heavy (non-hydrogen) atoms. The fourth-order valence-electron chi connectivity index (χ4n) is 4.33. The van der Waals surface area contributed by atoms with Gasteiger partial charge < -0.3 is 9.30 Å². The Morgan fingerprint density at radius 2 is 1.65 bits per heavy atom. The van der Waals surface area contributed by atoms with Gasteiger partial charge in [0, 0.05) is 34.8 Å². The lowest BCUT2D eigenvalue weighted by atomic mass is 10.0. The average Bonchev–Trinajstić information content (AvgIpc) is 3.59. The summed E-state index contributed by atoms with van der Waals surface area (Å²) < 4.78 is 8.63. The van der Waals surface area contributed by atoms with E-state index in [1.54, 1.807) is 0 Å². The number of tetrazole rings is 1. The van der Waals surface area contributed by atoms with Gasteiger partial charge in [-0.3, -0.25) is 0 Å². The average molecular weight is 496 g/mol. The Kier molecular flexibility index (Phi) is 8.72. The molecule has 192 valence electrons. The van der Waals surface area contributed by atoms with Crippen molar-refractivity contribution in [2.75, 3.05) is 0 Å². The van der Waals surface area contributed by atoms with Crippen molar-refractivity contribution in [2.45, 2.75) is 60.6 Å². The van der Waals surface area contributed by atoms with Crippen LogP contribution in [0.4, 0.5) is 0 Å². The first-order chi connectivity index (χ1) is 18.0. The molecule has 3 aromatic carbocycles. The number of nitrogens with one attached hydrogen (secondary N) is 1. The second-order valence-corrected chi connectivity index (χ2v) is 9.86. The minimum absolute atomic E-state index is 0.533. The van der Waals surface area contributed by atoms with Crippen molar-refractivity contribution in [1.29, 1.82) is 0 Å². The summed E-state index contributed by atoms with van der Waals surface area (Å²) in [4.78, 5) is 0. The number of fused-ring (bicyclic) bond motifs is 1. The fourth-order valence-corrected chi connectivity index (χ4v) is 4.33. The van der Waals surface area contributed by atoms with E-state index in [4.69, 9.17) is 4.74 Å². The van der Waals surface area contributed by atoms with Crippen LogP contribution in [0.3, 0.4) is 0 Å². The molecule has 0 radical (unpaired) electrons. The summed E-state index contributed by atoms with van der Waals surface area (Å²) in [5, 5.41) is 15.5. The van der Waals surface area contributed by atoms with Gasteiger partial charge in [0.2, 0.25) is 5.82 Å². The van der Waals surface area contributed by atoms with Crippen LogP contribution < -0.4 is 4.74 Å². The van der Waals surface area contributed by atoms with Crippen molar-refractivity contribution >= 4 is 10.9 Å². The predicted octanol–water partition coefficient (Wildman–Crippen LogP) is 7.70. The van der Waals surface area contributed by atoms with E-state index in [1.807, 2.05) is 12.1 Å². The summed E-state index contributed by atoms with van der Waals surface area (Å²) in [6.07, 6.45) is 4.26. The molecule has 0 aliphatic carbocycles. The van der Waals surface area contributed by atoms with E-state index in [0.717, 1.165) is 53.3 Å². The summed E-state index contributed by atoms with van der Waals surface area (Å²) in [7, 11) is 0. The van der Waals surface area contributed by atoms with Crippen LogP contribution >= 0.6 is 0 Å². The van der Waals surface area contributed by atoms with E-state index >= 15 is 0 Å². The van der Waals surface area contributed by atoms with Gasteiger partial charge >= 0.3 is 0 Å². The van der Waals surface area contributed by atoms with Crippen molar-refractivity contribution in [3.63, 3.8) is 0 Å². The molecule has 0 saturated carbocycles. The van der Waals surface area contributed by atoms with Crippen LogP contribution in [0.1, 0.15) is 52.2 Å². The smallest absolute Gasteiger partial charge is 0.204 e. The third-order valence-electron chi connectivity index (χ3n) is 6.01. The van der Waals surface area contributed by atoms with Crippen LogP contribution in [0.25, 0.3) is 33.4 Å². The number of hydrogen-bond acceptors (Lipinski definition) is 4. The van der Waals surface area contributed by atoms with Crippen LogP contribution in [0.5, 0.6) is 5.75 Å². The molecule has 0 spiro atoms. The van der Waals surface area contributed by atoms with Gasteiger partial charge in [-0.1, -0.05) is 76.6 Å². The Morgan fingerprint density at radius 3 is 2.32 bits per heavy atom. The Morgan fingerprint density at radius 1 is 0.892 bits per heavy atom. The molecule has 0 aliphatic rings. The van der Waals surface area contributed by atoms with Gasteiger partial charge in [-0.25, -0.2) is 0 Å². The van der Waals surface area contributed by atoms with E-state index in [-0.39, 0.29) is 0 Å². The number of H-pyrrole nitrogens is 1.